The molecule has 0 aliphatic carbocycles. The smallest absolute Gasteiger partial charge is 0.413 e. The number of guanidine groups is 1. The molecule has 8 heteroatoms. The van der Waals surface area contributed by atoms with Gasteiger partial charge in [0, 0.05) is 0 Å². The fourth-order valence-corrected chi connectivity index (χ4v) is 1.77. The van der Waals surface area contributed by atoms with Gasteiger partial charge in [0.2, 0.25) is 5.96 Å². The van der Waals surface area contributed by atoms with Crippen LogP contribution in [0.15, 0.2) is 29.3 Å². The molecule has 0 atom stereocenters. The van der Waals surface area contributed by atoms with E-state index in [1.165, 1.54) is 12.1 Å². The van der Waals surface area contributed by atoms with E-state index in [2.05, 4.69) is 15.6 Å². The largest absolute Gasteiger partial charge is 0.508 e. The van der Waals surface area contributed by atoms with Crippen molar-refractivity contribution in [3.05, 3.63) is 29.8 Å². The average Bonchev–Trinajstić information content (AvgIpc) is 2.61. The summed E-state index contributed by atoms with van der Waals surface area (Å²) < 4.78 is 10.0. The summed E-state index contributed by atoms with van der Waals surface area (Å²) in [6, 6.07) is 6.44. The first-order valence-electron chi connectivity index (χ1n) is 8.75. The Labute approximate surface area is 153 Å². The van der Waals surface area contributed by atoms with Crippen LogP contribution in [0.1, 0.15) is 45.1 Å². The Balaban J connectivity index is 2.66. The summed E-state index contributed by atoms with van der Waals surface area (Å²) in [6.07, 6.45) is 1.90. The first-order valence-corrected chi connectivity index (χ1v) is 8.75. The number of phenols is 1. The van der Waals surface area contributed by atoms with E-state index in [4.69, 9.17) is 9.47 Å². The first kappa shape index (κ1) is 21.3. The highest BCUT2D eigenvalue weighted by atomic mass is 16.6. The van der Waals surface area contributed by atoms with Crippen molar-refractivity contribution in [2.45, 2.75) is 46.1 Å². The molecule has 1 aromatic rings. The Bertz CT molecular complexity index is 561. The number of phenolic OH excluding ortho intramolecular Hbond substituents is 1. The Morgan fingerprint density at radius 3 is 1.92 bits per heavy atom. The lowest BCUT2D eigenvalue weighted by Crippen LogP contribution is -2.44. The van der Waals surface area contributed by atoms with E-state index < -0.39 is 12.2 Å². The van der Waals surface area contributed by atoms with Crippen LogP contribution < -0.4 is 10.6 Å². The average molecular weight is 365 g/mol. The van der Waals surface area contributed by atoms with Gasteiger partial charge in [-0.25, -0.2) is 14.6 Å². The molecule has 0 aromatic heterocycles. The molecular weight excluding hydrogens is 338 g/mol. The van der Waals surface area contributed by atoms with Crippen molar-refractivity contribution in [2.24, 2.45) is 4.99 Å². The van der Waals surface area contributed by atoms with Gasteiger partial charge in [-0.3, -0.25) is 10.6 Å². The summed E-state index contributed by atoms with van der Waals surface area (Å²) in [5.41, 5.74) is 0.794. The van der Waals surface area contributed by atoms with E-state index in [1.54, 1.807) is 12.1 Å². The molecule has 0 radical (unpaired) electrons. The Morgan fingerprint density at radius 1 is 0.962 bits per heavy atom. The minimum atomic E-state index is -0.697. The molecule has 8 nitrogen and oxygen atoms in total. The number of ether oxygens (including phenoxy) is 2. The van der Waals surface area contributed by atoms with Crippen LogP contribution in [0, 0.1) is 0 Å². The molecule has 0 bridgehead atoms. The number of unbranched alkanes of at least 4 members (excludes halogenated alkanes) is 2. The number of nitrogens with zero attached hydrogens (tertiary/aromatic N) is 1. The van der Waals surface area contributed by atoms with E-state index in [0.29, 0.717) is 0 Å². The number of hydrogen-bond acceptors (Lipinski definition) is 6. The quantitative estimate of drug-likeness (QED) is 0.372. The zero-order valence-corrected chi connectivity index (χ0v) is 15.3. The number of aromatic hydroxyl groups is 1. The number of aliphatic imine (C=N–C) groups is 1. The van der Waals surface area contributed by atoms with Gasteiger partial charge in [-0.05, 0) is 30.5 Å². The molecular formula is C18H27N3O5. The van der Waals surface area contributed by atoms with Crippen molar-refractivity contribution < 1.29 is 24.2 Å². The second-order valence-corrected chi connectivity index (χ2v) is 5.56. The summed E-state index contributed by atoms with van der Waals surface area (Å²) in [5, 5.41) is 14.1. The third kappa shape index (κ3) is 9.51. The number of alkyl carbamates (subject to hydrolysis) is 2. The molecule has 0 fully saturated rings. The molecule has 0 spiro atoms. The lowest BCUT2D eigenvalue weighted by molar-refractivity contribution is 0.146. The van der Waals surface area contributed by atoms with Crippen molar-refractivity contribution >= 4 is 18.1 Å². The van der Waals surface area contributed by atoms with Crippen molar-refractivity contribution in [1.82, 2.24) is 10.6 Å². The molecule has 0 saturated carbocycles. The second kappa shape index (κ2) is 12.6. The zero-order valence-electron chi connectivity index (χ0n) is 15.3. The van der Waals surface area contributed by atoms with Crippen LogP contribution in [0.5, 0.6) is 5.75 Å². The van der Waals surface area contributed by atoms with Gasteiger partial charge in [0.1, 0.15) is 5.75 Å². The number of carbonyl (C=O) groups excluding carboxylic acids is 2. The summed E-state index contributed by atoms with van der Waals surface area (Å²) >= 11 is 0. The fraction of sp³-hybridized carbons (Fsp3) is 0.500. The van der Waals surface area contributed by atoms with Gasteiger partial charge in [-0.15, -0.1) is 0 Å². The summed E-state index contributed by atoms with van der Waals surface area (Å²) in [7, 11) is 0. The number of nitrogens with one attached hydrogen (secondary N) is 2. The molecule has 0 saturated heterocycles. The van der Waals surface area contributed by atoms with Crippen LogP contribution in [0.25, 0.3) is 0 Å². The zero-order chi connectivity index (χ0) is 19.2. The molecule has 144 valence electrons. The van der Waals surface area contributed by atoms with Crippen molar-refractivity contribution in [2.75, 3.05) is 13.2 Å². The number of amides is 2. The van der Waals surface area contributed by atoms with E-state index >= 15 is 0 Å². The lowest BCUT2D eigenvalue weighted by atomic mass is 10.2. The van der Waals surface area contributed by atoms with Crippen LogP contribution in [0.2, 0.25) is 0 Å². The highest BCUT2D eigenvalue weighted by Crippen LogP contribution is 2.10. The van der Waals surface area contributed by atoms with E-state index in [1.807, 2.05) is 13.8 Å². The third-order valence-electron chi connectivity index (χ3n) is 3.26. The molecule has 26 heavy (non-hydrogen) atoms. The molecule has 1 aromatic carbocycles. The van der Waals surface area contributed by atoms with Crippen molar-refractivity contribution in [3.63, 3.8) is 0 Å². The Hall–Kier alpha value is -2.77. The molecule has 1 rings (SSSR count). The molecule has 0 aliphatic heterocycles. The monoisotopic (exact) mass is 365 g/mol. The number of hydrogen-bond donors (Lipinski definition) is 3. The topological polar surface area (TPSA) is 109 Å². The van der Waals surface area contributed by atoms with Gasteiger partial charge in [0.05, 0.1) is 19.8 Å². The van der Waals surface area contributed by atoms with Gasteiger partial charge in [-0.1, -0.05) is 38.8 Å². The number of benzene rings is 1. The minimum Gasteiger partial charge on any atom is -0.508 e. The molecule has 0 heterocycles. The van der Waals surface area contributed by atoms with E-state index in [9.17, 15) is 14.7 Å². The fourth-order valence-electron chi connectivity index (χ4n) is 1.77. The van der Waals surface area contributed by atoms with Crippen molar-refractivity contribution in [1.29, 1.82) is 0 Å². The molecule has 0 unspecified atom stereocenters. The SMILES string of the molecule is CCCCOC(=O)NC(=NCc1ccc(O)cc1)NC(=O)OCCCC. The van der Waals surface area contributed by atoms with Gasteiger partial charge < -0.3 is 14.6 Å². The predicted molar refractivity (Wildman–Crippen MR) is 98.0 cm³/mol. The second-order valence-electron chi connectivity index (χ2n) is 5.56. The maximum atomic E-state index is 11.8. The summed E-state index contributed by atoms with van der Waals surface area (Å²) in [4.78, 5) is 27.7. The lowest BCUT2D eigenvalue weighted by Gasteiger charge is -2.11. The van der Waals surface area contributed by atoms with Gasteiger partial charge in [0.25, 0.3) is 0 Å². The third-order valence-corrected chi connectivity index (χ3v) is 3.26. The van der Waals surface area contributed by atoms with E-state index in [0.717, 1.165) is 31.2 Å². The standard InChI is InChI=1S/C18H27N3O5/c1-3-5-11-25-17(23)20-16(21-18(24)26-12-6-4-2)19-13-14-7-9-15(22)10-8-14/h7-10,22H,3-6,11-13H2,1-2H3,(H2,19,20,21,23,24). The molecule has 0 aliphatic rings. The summed E-state index contributed by atoms with van der Waals surface area (Å²) in [5.74, 6) is 0.0919. The van der Waals surface area contributed by atoms with Crippen LogP contribution in [-0.4, -0.2) is 36.5 Å². The Morgan fingerprint density at radius 2 is 1.46 bits per heavy atom. The highest BCUT2D eigenvalue weighted by molar-refractivity contribution is 6.01. The van der Waals surface area contributed by atoms with Gasteiger partial charge >= 0.3 is 12.2 Å². The van der Waals surface area contributed by atoms with Crippen LogP contribution in [-0.2, 0) is 16.0 Å². The Kier molecular flexibility index (Phi) is 10.3. The van der Waals surface area contributed by atoms with Crippen molar-refractivity contribution in [3.8, 4) is 5.75 Å². The van der Waals surface area contributed by atoms with Gasteiger partial charge in [0.15, 0.2) is 0 Å². The normalized spacial score (nSPS) is 9.92. The highest BCUT2D eigenvalue weighted by Gasteiger charge is 2.11. The number of carbonyl (C=O) groups is 2. The minimum absolute atomic E-state index is 0.0546. The molecule has 3 N–H and O–H groups in total. The summed E-state index contributed by atoms with van der Waals surface area (Å²) in [6.45, 7) is 4.74. The van der Waals surface area contributed by atoms with Crippen LogP contribution >= 0.6 is 0 Å². The molecule has 2 amide bonds. The first-order chi connectivity index (χ1) is 12.5. The van der Waals surface area contributed by atoms with Gasteiger partial charge in [-0.2, -0.15) is 0 Å². The maximum Gasteiger partial charge on any atom is 0.413 e. The number of rotatable bonds is 8. The van der Waals surface area contributed by atoms with Crippen LogP contribution in [0.3, 0.4) is 0 Å². The maximum absolute atomic E-state index is 11.8. The predicted octanol–water partition coefficient (Wildman–Crippen LogP) is 3.30. The van der Waals surface area contributed by atoms with E-state index in [-0.39, 0.29) is 31.5 Å². The van der Waals surface area contributed by atoms with Crippen LogP contribution in [0.4, 0.5) is 9.59 Å².